The molecule has 24 heavy (non-hydrogen) atoms. The number of para-hydroxylation sites is 2. The molecule has 0 aliphatic carbocycles. The van der Waals surface area contributed by atoms with Crippen LogP contribution in [0.25, 0.3) is 0 Å². The first kappa shape index (κ1) is 15.5. The second-order valence-corrected chi connectivity index (χ2v) is 5.11. The SMILES string of the molecule is O=C(NC(=Nc1ccccc1)c1ccccc1)Nc1ccccc1. The predicted molar refractivity (Wildman–Crippen MR) is 97.7 cm³/mol. The van der Waals surface area contributed by atoms with Gasteiger partial charge in [-0.2, -0.15) is 0 Å². The fourth-order valence-electron chi connectivity index (χ4n) is 2.18. The summed E-state index contributed by atoms with van der Waals surface area (Å²) in [5, 5.41) is 5.63. The van der Waals surface area contributed by atoms with Gasteiger partial charge in [0.2, 0.25) is 0 Å². The molecule has 3 rings (SSSR count). The third-order valence-electron chi connectivity index (χ3n) is 3.31. The van der Waals surface area contributed by atoms with Gasteiger partial charge in [0.25, 0.3) is 0 Å². The van der Waals surface area contributed by atoms with E-state index < -0.39 is 0 Å². The lowest BCUT2D eigenvalue weighted by Gasteiger charge is -2.11. The molecular formula is C20H17N3O. The molecule has 0 aliphatic rings. The van der Waals surface area contributed by atoms with E-state index >= 15 is 0 Å². The van der Waals surface area contributed by atoms with Crippen LogP contribution in [-0.4, -0.2) is 11.9 Å². The van der Waals surface area contributed by atoms with Crippen molar-refractivity contribution in [1.82, 2.24) is 5.32 Å². The van der Waals surface area contributed by atoms with Crippen LogP contribution in [0.1, 0.15) is 5.56 Å². The van der Waals surface area contributed by atoms with Gasteiger partial charge in [-0.05, 0) is 24.3 Å². The number of hydrogen-bond acceptors (Lipinski definition) is 2. The summed E-state index contributed by atoms with van der Waals surface area (Å²) in [6.45, 7) is 0. The Morgan fingerprint density at radius 1 is 0.708 bits per heavy atom. The van der Waals surface area contributed by atoms with Crippen LogP contribution in [0.15, 0.2) is 96.0 Å². The van der Waals surface area contributed by atoms with Crippen LogP contribution in [0.5, 0.6) is 0 Å². The molecule has 0 heterocycles. The number of nitrogens with one attached hydrogen (secondary N) is 2. The number of anilines is 1. The third-order valence-corrected chi connectivity index (χ3v) is 3.31. The number of carbonyl (C=O) groups excluding carboxylic acids is 1. The first-order chi connectivity index (χ1) is 11.8. The van der Waals surface area contributed by atoms with Crippen LogP contribution in [0.3, 0.4) is 0 Å². The van der Waals surface area contributed by atoms with Gasteiger partial charge >= 0.3 is 6.03 Å². The minimum atomic E-state index is -0.334. The Hall–Kier alpha value is -3.40. The Morgan fingerprint density at radius 3 is 1.88 bits per heavy atom. The molecule has 3 aromatic rings. The van der Waals surface area contributed by atoms with E-state index in [2.05, 4.69) is 15.6 Å². The molecule has 0 saturated carbocycles. The quantitative estimate of drug-likeness (QED) is 0.539. The maximum atomic E-state index is 12.3. The topological polar surface area (TPSA) is 53.5 Å². The van der Waals surface area contributed by atoms with Crippen LogP contribution in [0.2, 0.25) is 0 Å². The van der Waals surface area contributed by atoms with Crippen LogP contribution < -0.4 is 10.6 Å². The van der Waals surface area contributed by atoms with Crippen molar-refractivity contribution in [1.29, 1.82) is 0 Å². The molecular weight excluding hydrogens is 298 g/mol. The predicted octanol–water partition coefficient (Wildman–Crippen LogP) is 4.59. The van der Waals surface area contributed by atoms with E-state index in [1.807, 2.05) is 91.0 Å². The molecule has 0 unspecified atom stereocenters. The molecule has 2 N–H and O–H groups in total. The Labute approximate surface area is 140 Å². The Bertz CT molecular complexity index is 815. The Balaban J connectivity index is 1.83. The summed E-state index contributed by atoms with van der Waals surface area (Å²) in [6.07, 6.45) is 0. The minimum Gasteiger partial charge on any atom is -0.308 e. The smallest absolute Gasteiger partial charge is 0.308 e. The lowest BCUT2D eigenvalue weighted by atomic mass is 10.2. The van der Waals surface area contributed by atoms with Crippen LogP contribution in [-0.2, 0) is 0 Å². The van der Waals surface area contributed by atoms with Gasteiger partial charge in [0, 0.05) is 11.3 Å². The van der Waals surface area contributed by atoms with Crippen molar-refractivity contribution in [2.24, 2.45) is 4.99 Å². The zero-order valence-corrected chi connectivity index (χ0v) is 13.0. The normalized spacial score (nSPS) is 10.9. The third kappa shape index (κ3) is 4.30. The molecule has 0 radical (unpaired) electrons. The molecule has 2 amide bonds. The summed E-state index contributed by atoms with van der Waals surface area (Å²) in [4.78, 5) is 16.8. The van der Waals surface area contributed by atoms with Crippen LogP contribution in [0.4, 0.5) is 16.2 Å². The van der Waals surface area contributed by atoms with Crippen LogP contribution >= 0.6 is 0 Å². The molecule has 0 aliphatic heterocycles. The Morgan fingerprint density at radius 2 is 1.25 bits per heavy atom. The molecule has 0 fully saturated rings. The van der Waals surface area contributed by atoms with Crippen molar-refractivity contribution in [3.8, 4) is 0 Å². The van der Waals surface area contributed by atoms with Crippen molar-refractivity contribution in [2.45, 2.75) is 0 Å². The molecule has 4 heteroatoms. The van der Waals surface area contributed by atoms with E-state index in [4.69, 9.17) is 0 Å². The maximum absolute atomic E-state index is 12.3. The summed E-state index contributed by atoms with van der Waals surface area (Å²) in [6, 6.07) is 28.0. The number of aliphatic imine (C=N–C) groups is 1. The molecule has 0 atom stereocenters. The van der Waals surface area contributed by atoms with Gasteiger partial charge in [0.15, 0.2) is 0 Å². The minimum absolute atomic E-state index is 0.334. The second-order valence-electron chi connectivity index (χ2n) is 5.11. The van der Waals surface area contributed by atoms with Gasteiger partial charge in [0.05, 0.1) is 5.69 Å². The highest BCUT2D eigenvalue weighted by atomic mass is 16.2. The molecule has 3 aromatic carbocycles. The van der Waals surface area contributed by atoms with E-state index in [0.29, 0.717) is 5.84 Å². The first-order valence-electron chi connectivity index (χ1n) is 7.63. The zero-order valence-electron chi connectivity index (χ0n) is 13.0. The van der Waals surface area contributed by atoms with Gasteiger partial charge < -0.3 is 5.32 Å². The summed E-state index contributed by atoms with van der Waals surface area (Å²) in [5.74, 6) is 0.496. The number of amides is 2. The van der Waals surface area contributed by atoms with Crippen molar-refractivity contribution >= 4 is 23.2 Å². The fourth-order valence-corrected chi connectivity index (χ4v) is 2.18. The monoisotopic (exact) mass is 315 g/mol. The van der Waals surface area contributed by atoms with Crippen molar-refractivity contribution in [2.75, 3.05) is 5.32 Å². The van der Waals surface area contributed by atoms with Crippen molar-refractivity contribution in [3.63, 3.8) is 0 Å². The number of carbonyl (C=O) groups is 1. The highest BCUT2D eigenvalue weighted by Crippen LogP contribution is 2.12. The summed E-state index contributed by atoms with van der Waals surface area (Å²) in [5.41, 5.74) is 2.34. The zero-order chi connectivity index (χ0) is 16.6. The molecule has 0 aromatic heterocycles. The molecule has 0 bridgehead atoms. The van der Waals surface area contributed by atoms with Crippen molar-refractivity contribution in [3.05, 3.63) is 96.6 Å². The number of benzene rings is 3. The van der Waals surface area contributed by atoms with Crippen molar-refractivity contribution < 1.29 is 4.79 Å². The molecule has 118 valence electrons. The average molecular weight is 315 g/mol. The Kier molecular flexibility index (Phi) is 5.00. The van der Waals surface area contributed by atoms with E-state index in [0.717, 1.165) is 16.9 Å². The number of urea groups is 1. The largest absolute Gasteiger partial charge is 0.324 e. The maximum Gasteiger partial charge on any atom is 0.324 e. The lowest BCUT2D eigenvalue weighted by Crippen LogP contribution is -2.34. The standard InChI is InChI=1S/C20H17N3O/c24-20(22-18-14-8-3-9-15-18)23-19(16-10-4-1-5-11-16)21-17-12-6-2-7-13-17/h1-15H,(H2,21,22,23,24). The van der Waals surface area contributed by atoms with Gasteiger partial charge in [-0.1, -0.05) is 66.7 Å². The van der Waals surface area contributed by atoms with Crippen LogP contribution in [0, 0.1) is 0 Å². The number of amidine groups is 1. The lowest BCUT2D eigenvalue weighted by molar-refractivity contribution is 0.256. The second kappa shape index (κ2) is 7.74. The van der Waals surface area contributed by atoms with E-state index in [-0.39, 0.29) is 6.03 Å². The average Bonchev–Trinajstić information content (AvgIpc) is 2.63. The molecule has 4 nitrogen and oxygen atoms in total. The van der Waals surface area contributed by atoms with Gasteiger partial charge in [0.1, 0.15) is 5.84 Å². The number of nitrogens with zero attached hydrogens (tertiary/aromatic N) is 1. The fraction of sp³-hybridized carbons (Fsp3) is 0. The highest BCUT2D eigenvalue weighted by Gasteiger charge is 2.09. The molecule has 0 spiro atoms. The van der Waals surface area contributed by atoms with E-state index in [9.17, 15) is 4.79 Å². The number of rotatable bonds is 3. The van der Waals surface area contributed by atoms with Gasteiger partial charge in [-0.25, -0.2) is 9.79 Å². The summed E-state index contributed by atoms with van der Waals surface area (Å²) < 4.78 is 0. The summed E-state index contributed by atoms with van der Waals surface area (Å²) in [7, 11) is 0. The van der Waals surface area contributed by atoms with Gasteiger partial charge in [-0.3, -0.25) is 5.32 Å². The highest BCUT2D eigenvalue weighted by molar-refractivity contribution is 6.11. The first-order valence-corrected chi connectivity index (χ1v) is 7.63. The van der Waals surface area contributed by atoms with E-state index in [1.165, 1.54) is 0 Å². The molecule has 0 saturated heterocycles. The van der Waals surface area contributed by atoms with Gasteiger partial charge in [-0.15, -0.1) is 0 Å². The number of hydrogen-bond donors (Lipinski definition) is 2. The van der Waals surface area contributed by atoms with E-state index in [1.54, 1.807) is 0 Å². The summed E-state index contributed by atoms with van der Waals surface area (Å²) >= 11 is 0.